The number of anilines is 1. The standard InChI is InChI=1S/C21H24FN5O2S/c22-16-4-1-2-5-17(16)27-13-11-26(12-14-27)10-9-23-19(28)7-8-20-24-21(25-29-20)18-6-3-15-30-18/h1-6,15H,7-14H2,(H,23,28). The van der Waals surface area contributed by atoms with Crippen molar-refractivity contribution in [3.05, 3.63) is 53.5 Å². The Hall–Kier alpha value is -2.78. The second-order valence-electron chi connectivity index (χ2n) is 7.12. The van der Waals surface area contributed by atoms with Crippen molar-refractivity contribution in [1.29, 1.82) is 0 Å². The second-order valence-corrected chi connectivity index (χ2v) is 8.07. The highest BCUT2D eigenvalue weighted by Crippen LogP contribution is 2.22. The maximum Gasteiger partial charge on any atom is 0.227 e. The summed E-state index contributed by atoms with van der Waals surface area (Å²) in [5, 5.41) is 8.85. The van der Waals surface area contributed by atoms with Gasteiger partial charge in [0.25, 0.3) is 0 Å². The van der Waals surface area contributed by atoms with Crippen LogP contribution in [0.15, 0.2) is 46.3 Å². The van der Waals surface area contributed by atoms with Gasteiger partial charge in [-0.2, -0.15) is 4.98 Å². The minimum absolute atomic E-state index is 0.0316. The van der Waals surface area contributed by atoms with Crippen molar-refractivity contribution in [2.45, 2.75) is 12.8 Å². The molecule has 1 fully saturated rings. The van der Waals surface area contributed by atoms with Gasteiger partial charge in [0.05, 0.1) is 10.6 Å². The van der Waals surface area contributed by atoms with Gasteiger partial charge in [-0.3, -0.25) is 9.69 Å². The van der Waals surface area contributed by atoms with Gasteiger partial charge in [0.2, 0.25) is 17.6 Å². The fourth-order valence-corrected chi connectivity index (χ4v) is 4.09. The van der Waals surface area contributed by atoms with E-state index in [0.29, 0.717) is 36.8 Å². The van der Waals surface area contributed by atoms with E-state index in [1.165, 1.54) is 6.07 Å². The number of benzene rings is 1. The molecule has 1 aliphatic rings. The molecule has 0 aliphatic carbocycles. The highest BCUT2D eigenvalue weighted by Gasteiger charge is 2.19. The Kier molecular flexibility index (Phi) is 6.70. The van der Waals surface area contributed by atoms with Crippen molar-refractivity contribution < 1.29 is 13.7 Å². The summed E-state index contributed by atoms with van der Waals surface area (Å²) in [4.78, 5) is 21.7. The van der Waals surface area contributed by atoms with Crippen LogP contribution in [0.4, 0.5) is 10.1 Å². The Bertz CT molecular complexity index is 954. The molecule has 9 heteroatoms. The fourth-order valence-electron chi connectivity index (χ4n) is 3.45. The summed E-state index contributed by atoms with van der Waals surface area (Å²) in [5.74, 6) is 0.825. The molecule has 2 aromatic heterocycles. The quantitative estimate of drug-likeness (QED) is 0.594. The number of halogens is 1. The smallest absolute Gasteiger partial charge is 0.227 e. The lowest BCUT2D eigenvalue weighted by Crippen LogP contribution is -2.48. The summed E-state index contributed by atoms with van der Waals surface area (Å²) in [6, 6.07) is 10.7. The van der Waals surface area contributed by atoms with Crippen LogP contribution in [0.25, 0.3) is 10.7 Å². The molecule has 1 aliphatic heterocycles. The zero-order valence-electron chi connectivity index (χ0n) is 16.6. The molecule has 1 saturated heterocycles. The first-order chi connectivity index (χ1) is 14.7. The third-order valence-electron chi connectivity index (χ3n) is 5.09. The Morgan fingerprint density at radius 1 is 1.17 bits per heavy atom. The molecule has 0 atom stereocenters. The number of nitrogens with one attached hydrogen (secondary N) is 1. The SMILES string of the molecule is O=C(CCc1nc(-c2cccs2)no1)NCCN1CCN(c2ccccc2F)CC1. The van der Waals surface area contributed by atoms with E-state index in [9.17, 15) is 9.18 Å². The van der Waals surface area contributed by atoms with Gasteiger partial charge in [0, 0.05) is 52.1 Å². The summed E-state index contributed by atoms with van der Waals surface area (Å²) in [7, 11) is 0. The monoisotopic (exact) mass is 429 g/mol. The molecule has 3 aromatic rings. The summed E-state index contributed by atoms with van der Waals surface area (Å²) in [6.45, 7) is 4.61. The minimum Gasteiger partial charge on any atom is -0.367 e. The van der Waals surface area contributed by atoms with E-state index in [1.54, 1.807) is 17.4 Å². The highest BCUT2D eigenvalue weighted by molar-refractivity contribution is 7.13. The van der Waals surface area contributed by atoms with Crippen LogP contribution < -0.4 is 10.2 Å². The predicted molar refractivity (Wildman–Crippen MR) is 114 cm³/mol. The van der Waals surface area contributed by atoms with Gasteiger partial charge < -0.3 is 14.7 Å². The third-order valence-corrected chi connectivity index (χ3v) is 5.96. The summed E-state index contributed by atoms with van der Waals surface area (Å²) in [6.07, 6.45) is 0.735. The van der Waals surface area contributed by atoms with Crippen LogP contribution >= 0.6 is 11.3 Å². The molecule has 1 aromatic carbocycles. The lowest BCUT2D eigenvalue weighted by atomic mass is 10.2. The highest BCUT2D eigenvalue weighted by atomic mass is 32.1. The zero-order valence-corrected chi connectivity index (χ0v) is 17.4. The molecule has 1 N–H and O–H groups in total. The third kappa shape index (κ3) is 5.22. The Balaban J connectivity index is 1.13. The molecule has 0 spiro atoms. The number of aromatic nitrogens is 2. The van der Waals surface area contributed by atoms with Crippen molar-refractivity contribution in [2.24, 2.45) is 0 Å². The van der Waals surface area contributed by atoms with Gasteiger partial charge in [0.1, 0.15) is 5.82 Å². The van der Waals surface area contributed by atoms with Crippen LogP contribution in [0.3, 0.4) is 0 Å². The molecular weight excluding hydrogens is 405 g/mol. The van der Waals surface area contributed by atoms with Crippen LogP contribution in [-0.4, -0.2) is 60.2 Å². The van der Waals surface area contributed by atoms with Crippen molar-refractivity contribution >= 4 is 22.9 Å². The number of nitrogens with zero attached hydrogens (tertiary/aromatic N) is 4. The largest absolute Gasteiger partial charge is 0.367 e. The van der Waals surface area contributed by atoms with E-state index in [4.69, 9.17) is 4.52 Å². The van der Waals surface area contributed by atoms with Crippen molar-refractivity contribution in [2.75, 3.05) is 44.2 Å². The first kappa shape index (κ1) is 20.5. The first-order valence-electron chi connectivity index (χ1n) is 10.0. The number of para-hydroxylation sites is 1. The topological polar surface area (TPSA) is 74.5 Å². The average Bonchev–Trinajstić information content (AvgIpc) is 3.45. The van der Waals surface area contributed by atoms with Crippen molar-refractivity contribution in [1.82, 2.24) is 20.4 Å². The van der Waals surface area contributed by atoms with E-state index >= 15 is 0 Å². The average molecular weight is 430 g/mol. The van der Waals surface area contributed by atoms with Crippen LogP contribution in [0, 0.1) is 5.82 Å². The van der Waals surface area contributed by atoms with Gasteiger partial charge in [-0.25, -0.2) is 4.39 Å². The minimum atomic E-state index is -0.179. The molecule has 30 heavy (non-hydrogen) atoms. The number of amides is 1. The van der Waals surface area contributed by atoms with Crippen LogP contribution in [0.1, 0.15) is 12.3 Å². The summed E-state index contributed by atoms with van der Waals surface area (Å²) < 4.78 is 19.1. The van der Waals surface area contributed by atoms with Crippen LogP contribution in [0.2, 0.25) is 0 Å². The molecule has 1 amide bonds. The number of rotatable bonds is 8. The van der Waals surface area contributed by atoms with Gasteiger partial charge in [-0.15, -0.1) is 11.3 Å². The van der Waals surface area contributed by atoms with Gasteiger partial charge in [0.15, 0.2) is 0 Å². The summed E-state index contributed by atoms with van der Waals surface area (Å²) >= 11 is 1.55. The molecule has 0 bridgehead atoms. The van der Waals surface area contributed by atoms with E-state index in [2.05, 4.69) is 25.3 Å². The van der Waals surface area contributed by atoms with Crippen molar-refractivity contribution in [3.8, 4) is 10.7 Å². The normalized spacial score (nSPS) is 14.8. The number of aryl methyl sites for hydroxylation is 1. The van der Waals surface area contributed by atoms with Crippen LogP contribution in [-0.2, 0) is 11.2 Å². The second kappa shape index (κ2) is 9.82. The van der Waals surface area contributed by atoms with Gasteiger partial charge >= 0.3 is 0 Å². The Labute approximate surface area is 178 Å². The lowest BCUT2D eigenvalue weighted by Gasteiger charge is -2.36. The van der Waals surface area contributed by atoms with Crippen molar-refractivity contribution in [3.63, 3.8) is 0 Å². The number of carbonyl (C=O) groups excluding carboxylic acids is 1. The van der Waals surface area contributed by atoms with E-state index in [1.807, 2.05) is 29.6 Å². The van der Waals surface area contributed by atoms with Crippen LogP contribution in [0.5, 0.6) is 0 Å². The number of piperazine rings is 1. The number of hydrogen-bond donors (Lipinski definition) is 1. The first-order valence-corrected chi connectivity index (χ1v) is 10.9. The Morgan fingerprint density at radius 3 is 2.77 bits per heavy atom. The number of thiophene rings is 1. The fraction of sp³-hybridized carbons (Fsp3) is 0.381. The summed E-state index contributed by atoms with van der Waals surface area (Å²) in [5.41, 5.74) is 0.661. The lowest BCUT2D eigenvalue weighted by molar-refractivity contribution is -0.121. The molecule has 7 nitrogen and oxygen atoms in total. The van der Waals surface area contributed by atoms with E-state index in [0.717, 1.165) is 37.6 Å². The molecular formula is C21H24FN5O2S. The maximum absolute atomic E-state index is 13.9. The van der Waals surface area contributed by atoms with Gasteiger partial charge in [-0.05, 0) is 23.6 Å². The Morgan fingerprint density at radius 2 is 2.00 bits per heavy atom. The van der Waals surface area contributed by atoms with Gasteiger partial charge in [-0.1, -0.05) is 23.4 Å². The molecule has 0 saturated carbocycles. The molecule has 0 radical (unpaired) electrons. The molecule has 158 valence electrons. The zero-order chi connectivity index (χ0) is 20.8. The maximum atomic E-state index is 13.9. The predicted octanol–water partition coefficient (Wildman–Crippen LogP) is 2.81. The van der Waals surface area contributed by atoms with E-state index in [-0.39, 0.29) is 11.7 Å². The van der Waals surface area contributed by atoms with E-state index < -0.39 is 0 Å². The number of carbonyl (C=O) groups is 1. The molecule has 3 heterocycles. The molecule has 4 rings (SSSR count). The number of hydrogen-bond acceptors (Lipinski definition) is 7. The molecule has 0 unspecified atom stereocenters.